The van der Waals surface area contributed by atoms with Crippen molar-refractivity contribution in [3.63, 3.8) is 0 Å². The molecule has 0 radical (unpaired) electrons. The first-order chi connectivity index (χ1) is 19.1. The molecule has 6 rings (SSSR count). The van der Waals surface area contributed by atoms with Gasteiger partial charge in [-0.1, -0.05) is 12.1 Å². The average Bonchev–Trinajstić information content (AvgIpc) is 3.36. The molecule has 2 unspecified atom stereocenters. The van der Waals surface area contributed by atoms with Gasteiger partial charge in [0.05, 0.1) is 19.4 Å². The molecule has 8 heteroatoms. The number of rotatable bonds is 8. The highest BCUT2D eigenvalue weighted by Gasteiger charge is 2.37. The quantitative estimate of drug-likeness (QED) is 0.460. The second kappa shape index (κ2) is 11.7. The molecule has 0 amide bonds. The summed E-state index contributed by atoms with van der Waals surface area (Å²) in [6, 6.07) is 16.5. The van der Waals surface area contributed by atoms with Crippen molar-refractivity contribution in [1.29, 1.82) is 0 Å². The second-order valence-electron chi connectivity index (χ2n) is 11.6. The Bertz CT molecular complexity index is 1260. The molecule has 1 N–H and O–H groups in total. The third-order valence-electron chi connectivity index (χ3n) is 8.91. The molecule has 2 atom stereocenters. The normalized spacial score (nSPS) is 22.8. The molecule has 3 aromatic rings. The number of nitrogens with one attached hydrogen (secondary N) is 1. The van der Waals surface area contributed by atoms with Crippen LogP contribution >= 0.6 is 0 Å². The van der Waals surface area contributed by atoms with Crippen LogP contribution in [-0.2, 0) is 17.9 Å². The van der Waals surface area contributed by atoms with Gasteiger partial charge in [-0.2, -0.15) is 5.10 Å². The van der Waals surface area contributed by atoms with E-state index in [2.05, 4.69) is 61.5 Å². The van der Waals surface area contributed by atoms with E-state index in [0.29, 0.717) is 18.7 Å². The largest absolute Gasteiger partial charge is 0.497 e. The van der Waals surface area contributed by atoms with Gasteiger partial charge in [-0.15, -0.1) is 5.10 Å². The SMILES string of the molecule is COCc1nnc(NC2CCN(Cc3ccc(N4CCCC5CN(C)CC54)cc3)CC2)c2cc(OC)ccc12. The minimum Gasteiger partial charge on any atom is -0.497 e. The summed E-state index contributed by atoms with van der Waals surface area (Å²) in [5.41, 5.74) is 3.64. The zero-order valence-electron chi connectivity index (χ0n) is 23.6. The highest BCUT2D eigenvalue weighted by atomic mass is 16.5. The van der Waals surface area contributed by atoms with Gasteiger partial charge < -0.3 is 24.6 Å². The van der Waals surface area contributed by atoms with Crippen LogP contribution in [0.1, 0.15) is 36.9 Å². The highest BCUT2D eigenvalue weighted by molar-refractivity contribution is 5.94. The summed E-state index contributed by atoms with van der Waals surface area (Å²) in [6.07, 6.45) is 4.85. The lowest BCUT2D eigenvalue weighted by atomic mass is 9.91. The molecule has 3 aliphatic rings. The van der Waals surface area contributed by atoms with Crippen molar-refractivity contribution in [3.05, 3.63) is 53.7 Å². The van der Waals surface area contributed by atoms with Gasteiger partial charge in [0.25, 0.3) is 0 Å². The van der Waals surface area contributed by atoms with Crippen LogP contribution in [0.4, 0.5) is 11.5 Å². The van der Waals surface area contributed by atoms with Gasteiger partial charge in [0.15, 0.2) is 5.82 Å². The molecule has 0 spiro atoms. The zero-order valence-corrected chi connectivity index (χ0v) is 23.6. The third kappa shape index (κ3) is 5.69. The topological polar surface area (TPSA) is 66.0 Å². The van der Waals surface area contributed by atoms with E-state index >= 15 is 0 Å². The lowest BCUT2D eigenvalue weighted by Crippen LogP contribution is -2.45. The average molecular weight is 531 g/mol. The van der Waals surface area contributed by atoms with Crippen LogP contribution in [0.15, 0.2) is 42.5 Å². The fourth-order valence-electron chi connectivity index (χ4n) is 6.86. The van der Waals surface area contributed by atoms with Gasteiger partial charge in [-0.25, -0.2) is 0 Å². The molecule has 3 saturated heterocycles. The summed E-state index contributed by atoms with van der Waals surface area (Å²) < 4.78 is 10.8. The van der Waals surface area contributed by atoms with Gasteiger partial charge in [-0.3, -0.25) is 4.90 Å². The molecular weight excluding hydrogens is 488 g/mol. The van der Waals surface area contributed by atoms with Gasteiger partial charge in [-0.05, 0) is 74.5 Å². The molecule has 39 heavy (non-hydrogen) atoms. The van der Waals surface area contributed by atoms with E-state index in [-0.39, 0.29) is 0 Å². The molecule has 4 heterocycles. The van der Waals surface area contributed by atoms with E-state index in [1.165, 1.54) is 43.7 Å². The molecule has 2 aromatic carbocycles. The third-order valence-corrected chi connectivity index (χ3v) is 8.91. The van der Waals surface area contributed by atoms with Gasteiger partial charge >= 0.3 is 0 Å². The predicted octanol–water partition coefficient (Wildman–Crippen LogP) is 4.39. The number of fused-ring (bicyclic) bond motifs is 2. The Hall–Kier alpha value is -2.94. The minimum absolute atomic E-state index is 0.372. The van der Waals surface area contributed by atoms with Crippen LogP contribution in [0.3, 0.4) is 0 Å². The number of hydrogen-bond acceptors (Lipinski definition) is 8. The van der Waals surface area contributed by atoms with Crippen molar-refractivity contribution in [3.8, 4) is 5.75 Å². The van der Waals surface area contributed by atoms with Crippen molar-refractivity contribution < 1.29 is 9.47 Å². The molecule has 8 nitrogen and oxygen atoms in total. The van der Waals surface area contributed by atoms with E-state index in [9.17, 15) is 0 Å². The zero-order chi connectivity index (χ0) is 26.8. The summed E-state index contributed by atoms with van der Waals surface area (Å²) in [6.45, 7) is 7.22. The molecular formula is C31H42N6O2. The lowest BCUT2D eigenvalue weighted by Gasteiger charge is -2.39. The van der Waals surface area contributed by atoms with E-state index < -0.39 is 0 Å². The van der Waals surface area contributed by atoms with E-state index in [1.807, 2.05) is 18.2 Å². The monoisotopic (exact) mass is 530 g/mol. The Kier molecular flexibility index (Phi) is 7.86. The first kappa shape index (κ1) is 26.3. The number of likely N-dealkylation sites (N-methyl/N-ethyl adjacent to an activating group) is 1. The number of ether oxygens (including phenoxy) is 2. The number of anilines is 2. The Morgan fingerprint density at radius 2 is 1.74 bits per heavy atom. The van der Waals surface area contributed by atoms with E-state index in [1.54, 1.807) is 14.2 Å². The van der Waals surface area contributed by atoms with Crippen molar-refractivity contribution in [2.75, 3.05) is 64.2 Å². The van der Waals surface area contributed by atoms with Gasteiger partial charge in [0.2, 0.25) is 0 Å². The Labute approximate surface area is 232 Å². The first-order valence-corrected chi connectivity index (χ1v) is 14.5. The lowest BCUT2D eigenvalue weighted by molar-refractivity contribution is 0.182. The van der Waals surface area contributed by atoms with Crippen LogP contribution < -0.4 is 15.0 Å². The standard InChI is InChI=1S/C31H42N6O2/c1-35-19-23-5-4-14-37(30(23)20-35)25-8-6-22(7-9-25)18-36-15-12-24(13-16-36)32-31-28-17-26(39-3)10-11-27(28)29(21-38-2)33-34-31/h6-11,17,23-24,30H,4-5,12-16,18-21H2,1-3H3,(H,32,34). The predicted molar refractivity (Wildman–Crippen MR) is 157 cm³/mol. The van der Waals surface area contributed by atoms with Crippen LogP contribution in [-0.4, -0.2) is 86.1 Å². The fourth-order valence-corrected chi connectivity index (χ4v) is 6.86. The van der Waals surface area contributed by atoms with Crippen molar-refractivity contribution in [1.82, 2.24) is 20.0 Å². The summed E-state index contributed by atoms with van der Waals surface area (Å²) in [4.78, 5) is 7.75. The molecule has 208 valence electrons. The Morgan fingerprint density at radius 1 is 0.923 bits per heavy atom. The summed E-state index contributed by atoms with van der Waals surface area (Å²) >= 11 is 0. The number of likely N-dealkylation sites (tertiary alicyclic amines) is 2. The van der Waals surface area contributed by atoms with Crippen LogP contribution in [0.2, 0.25) is 0 Å². The Morgan fingerprint density at radius 3 is 2.51 bits per heavy atom. The van der Waals surface area contributed by atoms with Gasteiger partial charge in [0.1, 0.15) is 5.75 Å². The van der Waals surface area contributed by atoms with E-state index in [0.717, 1.165) is 66.4 Å². The van der Waals surface area contributed by atoms with Gasteiger partial charge in [0, 0.05) is 74.9 Å². The molecule has 0 saturated carbocycles. The number of nitrogens with zero attached hydrogens (tertiary/aromatic N) is 5. The molecule has 3 aliphatic heterocycles. The number of hydrogen-bond donors (Lipinski definition) is 1. The number of piperidine rings is 2. The highest BCUT2D eigenvalue weighted by Crippen LogP contribution is 2.34. The first-order valence-electron chi connectivity index (χ1n) is 14.5. The summed E-state index contributed by atoms with van der Waals surface area (Å²) in [7, 11) is 5.65. The van der Waals surface area contributed by atoms with Crippen LogP contribution in [0.5, 0.6) is 5.75 Å². The van der Waals surface area contributed by atoms with Crippen molar-refractivity contribution in [2.24, 2.45) is 5.92 Å². The maximum Gasteiger partial charge on any atom is 0.156 e. The number of aromatic nitrogens is 2. The maximum absolute atomic E-state index is 5.48. The summed E-state index contributed by atoms with van der Waals surface area (Å²) in [5, 5.41) is 14.8. The molecule has 0 bridgehead atoms. The molecule has 3 fully saturated rings. The molecule has 1 aromatic heterocycles. The molecule has 0 aliphatic carbocycles. The van der Waals surface area contributed by atoms with Crippen molar-refractivity contribution in [2.45, 2.75) is 50.9 Å². The summed E-state index contributed by atoms with van der Waals surface area (Å²) in [5.74, 6) is 2.47. The minimum atomic E-state index is 0.372. The van der Waals surface area contributed by atoms with E-state index in [4.69, 9.17) is 9.47 Å². The smallest absolute Gasteiger partial charge is 0.156 e. The number of methoxy groups -OCH3 is 2. The number of benzene rings is 2. The van der Waals surface area contributed by atoms with Crippen molar-refractivity contribution >= 4 is 22.3 Å². The second-order valence-corrected chi connectivity index (χ2v) is 11.6. The maximum atomic E-state index is 5.48. The van der Waals surface area contributed by atoms with Crippen LogP contribution in [0.25, 0.3) is 10.8 Å². The fraction of sp³-hybridized carbons (Fsp3) is 0.548. The van der Waals surface area contributed by atoms with Crippen LogP contribution in [0, 0.1) is 5.92 Å². The Balaban J connectivity index is 1.06.